The van der Waals surface area contributed by atoms with E-state index >= 15 is 0 Å². The van der Waals surface area contributed by atoms with Gasteiger partial charge in [-0.2, -0.15) is 4.98 Å². The number of fused-ring (bicyclic) bond motifs is 1. The first-order valence-corrected chi connectivity index (χ1v) is 4.97. The van der Waals surface area contributed by atoms with Crippen LogP contribution in [-0.2, 0) is 4.74 Å². The summed E-state index contributed by atoms with van der Waals surface area (Å²) >= 11 is 0. The lowest BCUT2D eigenvalue weighted by atomic mass is 10.3. The molecule has 17 heavy (non-hydrogen) atoms. The average Bonchev–Trinajstić information content (AvgIpc) is 2.63. The van der Waals surface area contributed by atoms with E-state index in [9.17, 15) is 9.90 Å². The fourth-order valence-corrected chi connectivity index (χ4v) is 1.67. The maximum Gasteiger partial charge on any atom is 0.280 e. The van der Waals surface area contributed by atoms with Gasteiger partial charge < -0.3 is 15.6 Å². The third-order valence-electron chi connectivity index (χ3n) is 2.38. The summed E-state index contributed by atoms with van der Waals surface area (Å²) in [6, 6.07) is 0. The van der Waals surface area contributed by atoms with E-state index in [1.807, 2.05) is 0 Å². The molecule has 0 radical (unpaired) electrons. The molecule has 0 saturated heterocycles. The Labute approximate surface area is 96.1 Å². The first-order chi connectivity index (χ1) is 8.04. The van der Waals surface area contributed by atoms with Crippen molar-refractivity contribution < 1.29 is 9.84 Å². The number of hydrogen-bond donors (Lipinski definition) is 3. The topological polar surface area (TPSA) is 119 Å². The standard InChI is InChI=1S/C9H13N5O3/c1-4(15)8(17-2)14-3-11-5-6(14)12-9(10)13-7(5)16/h3-4,8,15H,1-2H3,(H3,10,12,13,16). The van der Waals surface area contributed by atoms with Gasteiger partial charge in [-0.3, -0.25) is 14.3 Å². The highest BCUT2D eigenvalue weighted by molar-refractivity contribution is 5.70. The van der Waals surface area contributed by atoms with E-state index in [1.54, 1.807) is 6.92 Å². The molecule has 2 aromatic rings. The first-order valence-electron chi connectivity index (χ1n) is 4.97. The smallest absolute Gasteiger partial charge is 0.280 e. The van der Waals surface area contributed by atoms with Crippen molar-refractivity contribution in [2.75, 3.05) is 12.8 Å². The number of aliphatic hydroxyl groups excluding tert-OH is 1. The molecule has 2 unspecified atom stereocenters. The minimum absolute atomic E-state index is 0.00954. The molecule has 8 heteroatoms. The molecule has 0 spiro atoms. The van der Waals surface area contributed by atoms with Gasteiger partial charge in [0.05, 0.1) is 12.4 Å². The van der Waals surface area contributed by atoms with Crippen molar-refractivity contribution >= 4 is 17.1 Å². The summed E-state index contributed by atoms with van der Waals surface area (Å²) in [5, 5.41) is 9.56. The largest absolute Gasteiger partial charge is 0.389 e. The number of rotatable bonds is 3. The summed E-state index contributed by atoms with van der Waals surface area (Å²) in [7, 11) is 1.44. The molecule has 0 bridgehead atoms. The second-order valence-corrected chi connectivity index (χ2v) is 3.64. The van der Waals surface area contributed by atoms with Crippen LogP contribution in [0.1, 0.15) is 13.2 Å². The first kappa shape index (κ1) is 11.6. The Morgan fingerprint density at radius 3 is 2.94 bits per heavy atom. The van der Waals surface area contributed by atoms with E-state index in [1.165, 1.54) is 18.0 Å². The van der Waals surface area contributed by atoms with Gasteiger partial charge in [0.2, 0.25) is 5.95 Å². The summed E-state index contributed by atoms with van der Waals surface area (Å²) in [5.41, 5.74) is 5.47. The van der Waals surface area contributed by atoms with Gasteiger partial charge in [-0.15, -0.1) is 0 Å². The van der Waals surface area contributed by atoms with Crippen LogP contribution in [0.3, 0.4) is 0 Å². The maximum absolute atomic E-state index is 11.5. The van der Waals surface area contributed by atoms with Crippen LogP contribution in [0.15, 0.2) is 11.1 Å². The number of methoxy groups -OCH3 is 1. The molecule has 0 aliphatic rings. The quantitative estimate of drug-likeness (QED) is 0.647. The van der Waals surface area contributed by atoms with Crippen LogP contribution in [-0.4, -0.2) is 37.8 Å². The van der Waals surface area contributed by atoms with Gasteiger partial charge >= 0.3 is 0 Å². The minimum atomic E-state index is -0.778. The molecule has 92 valence electrons. The number of aromatic amines is 1. The third kappa shape index (κ3) is 1.87. The van der Waals surface area contributed by atoms with E-state index < -0.39 is 17.9 Å². The molecular weight excluding hydrogens is 226 g/mol. The van der Waals surface area contributed by atoms with Crippen LogP contribution in [0.2, 0.25) is 0 Å². The fourth-order valence-electron chi connectivity index (χ4n) is 1.67. The predicted octanol–water partition coefficient (Wildman–Crippen LogP) is -0.772. The monoisotopic (exact) mass is 239 g/mol. The van der Waals surface area contributed by atoms with Crippen molar-refractivity contribution in [3.8, 4) is 0 Å². The van der Waals surface area contributed by atoms with Gasteiger partial charge in [0.25, 0.3) is 5.56 Å². The highest BCUT2D eigenvalue weighted by atomic mass is 16.5. The van der Waals surface area contributed by atoms with E-state index in [-0.39, 0.29) is 17.1 Å². The van der Waals surface area contributed by atoms with Crippen LogP contribution in [0.25, 0.3) is 11.2 Å². The highest BCUT2D eigenvalue weighted by Crippen LogP contribution is 2.17. The van der Waals surface area contributed by atoms with Gasteiger partial charge in [0.15, 0.2) is 17.4 Å². The SMILES string of the molecule is COC(C(C)O)n1cnc2c(=O)[nH]c(N)nc21. The highest BCUT2D eigenvalue weighted by Gasteiger charge is 2.20. The predicted molar refractivity (Wildman–Crippen MR) is 60.3 cm³/mol. The van der Waals surface area contributed by atoms with E-state index in [4.69, 9.17) is 10.5 Å². The Kier molecular flexibility index (Phi) is 2.82. The summed E-state index contributed by atoms with van der Waals surface area (Å²) in [5.74, 6) is -0.00954. The molecule has 0 aliphatic heterocycles. The lowest BCUT2D eigenvalue weighted by Crippen LogP contribution is -2.23. The second kappa shape index (κ2) is 4.15. The van der Waals surface area contributed by atoms with Crippen LogP contribution >= 0.6 is 0 Å². The van der Waals surface area contributed by atoms with Gasteiger partial charge in [0, 0.05) is 7.11 Å². The molecule has 0 fully saturated rings. The Bertz CT molecular complexity index is 588. The number of nitrogen functional groups attached to an aromatic ring is 1. The molecule has 2 rings (SSSR count). The van der Waals surface area contributed by atoms with Gasteiger partial charge in [0.1, 0.15) is 0 Å². The number of aliphatic hydroxyl groups is 1. The number of nitrogens with two attached hydrogens (primary N) is 1. The fraction of sp³-hybridized carbons (Fsp3) is 0.444. The normalized spacial score (nSPS) is 15.0. The van der Waals surface area contributed by atoms with Crippen LogP contribution < -0.4 is 11.3 Å². The zero-order valence-corrected chi connectivity index (χ0v) is 9.41. The number of aromatic nitrogens is 4. The summed E-state index contributed by atoms with van der Waals surface area (Å²) in [4.78, 5) is 21.8. The number of anilines is 1. The molecular formula is C9H13N5O3. The average molecular weight is 239 g/mol. The van der Waals surface area contributed by atoms with Crippen LogP contribution in [0.4, 0.5) is 5.95 Å². The molecule has 0 amide bonds. The van der Waals surface area contributed by atoms with Crippen LogP contribution in [0, 0.1) is 0 Å². The Balaban J connectivity index is 2.67. The molecule has 0 aliphatic carbocycles. The van der Waals surface area contributed by atoms with Crippen molar-refractivity contribution in [1.82, 2.24) is 19.5 Å². The van der Waals surface area contributed by atoms with Crippen molar-refractivity contribution in [1.29, 1.82) is 0 Å². The van der Waals surface area contributed by atoms with Crippen LogP contribution in [0.5, 0.6) is 0 Å². The Morgan fingerprint density at radius 1 is 1.65 bits per heavy atom. The molecule has 8 nitrogen and oxygen atoms in total. The Morgan fingerprint density at radius 2 is 2.35 bits per heavy atom. The molecule has 2 aromatic heterocycles. The molecule has 0 saturated carbocycles. The summed E-state index contributed by atoms with van der Waals surface area (Å²) in [6.45, 7) is 1.57. The van der Waals surface area contributed by atoms with Crippen molar-refractivity contribution in [3.05, 3.63) is 16.7 Å². The number of H-pyrrole nitrogens is 1. The summed E-state index contributed by atoms with van der Waals surface area (Å²) in [6.07, 6.45) is -0.0684. The molecule has 2 heterocycles. The summed E-state index contributed by atoms with van der Waals surface area (Å²) < 4.78 is 6.59. The van der Waals surface area contributed by atoms with E-state index in [0.29, 0.717) is 0 Å². The second-order valence-electron chi connectivity index (χ2n) is 3.64. The maximum atomic E-state index is 11.5. The number of nitrogens with zero attached hydrogens (tertiary/aromatic N) is 3. The van der Waals surface area contributed by atoms with Crippen molar-refractivity contribution in [2.45, 2.75) is 19.3 Å². The van der Waals surface area contributed by atoms with Gasteiger partial charge in [-0.1, -0.05) is 0 Å². The molecule has 4 N–H and O–H groups in total. The zero-order chi connectivity index (χ0) is 12.6. The zero-order valence-electron chi connectivity index (χ0n) is 9.41. The Hall–Kier alpha value is -1.93. The lowest BCUT2D eigenvalue weighted by molar-refractivity contribution is -0.0472. The lowest BCUT2D eigenvalue weighted by Gasteiger charge is -2.19. The minimum Gasteiger partial charge on any atom is -0.389 e. The van der Waals surface area contributed by atoms with Crippen molar-refractivity contribution in [2.24, 2.45) is 0 Å². The van der Waals surface area contributed by atoms with E-state index in [2.05, 4.69) is 15.0 Å². The number of ether oxygens (including phenoxy) is 1. The molecule has 0 aromatic carbocycles. The number of hydrogen-bond acceptors (Lipinski definition) is 6. The number of imidazole rings is 1. The third-order valence-corrected chi connectivity index (χ3v) is 2.38. The van der Waals surface area contributed by atoms with Gasteiger partial charge in [-0.25, -0.2) is 4.98 Å². The molecule has 2 atom stereocenters. The van der Waals surface area contributed by atoms with E-state index in [0.717, 1.165) is 0 Å². The van der Waals surface area contributed by atoms with Crippen molar-refractivity contribution in [3.63, 3.8) is 0 Å². The number of nitrogens with one attached hydrogen (secondary N) is 1. The van der Waals surface area contributed by atoms with Gasteiger partial charge in [-0.05, 0) is 6.92 Å².